The molecule has 1 N–H and O–H groups in total. The molecule has 4 rings (SSSR count). The predicted molar refractivity (Wildman–Crippen MR) is 134 cm³/mol. The van der Waals surface area contributed by atoms with Gasteiger partial charge in [-0.15, -0.1) is 0 Å². The summed E-state index contributed by atoms with van der Waals surface area (Å²) in [5, 5.41) is 3.57. The Balaban J connectivity index is 2.00. The number of nitrogens with zero attached hydrogens (tertiary/aromatic N) is 1. The Labute approximate surface area is 190 Å². The van der Waals surface area contributed by atoms with E-state index in [0.29, 0.717) is 0 Å². The number of hydrogen-bond acceptors (Lipinski definition) is 1. The summed E-state index contributed by atoms with van der Waals surface area (Å²) in [4.78, 5) is 0. The molecule has 0 saturated heterocycles. The zero-order valence-corrected chi connectivity index (χ0v) is 19.2. The number of benzene rings is 2. The highest BCUT2D eigenvalue weighted by Gasteiger charge is 2.27. The number of halogens is 1. The average molecular weight is 427 g/mol. The predicted octanol–water partition coefficient (Wildman–Crippen LogP) is 7.90. The molecule has 0 amide bonds. The van der Waals surface area contributed by atoms with E-state index in [0.717, 1.165) is 58.7 Å². The van der Waals surface area contributed by atoms with Gasteiger partial charge in [0.1, 0.15) is 5.82 Å². The van der Waals surface area contributed by atoms with Crippen molar-refractivity contribution in [3.05, 3.63) is 102 Å². The lowest BCUT2D eigenvalue weighted by molar-refractivity contribution is 0.627. The van der Waals surface area contributed by atoms with Crippen molar-refractivity contribution in [2.45, 2.75) is 46.1 Å². The molecule has 2 aromatic carbocycles. The van der Waals surface area contributed by atoms with Crippen LogP contribution in [0.4, 0.5) is 4.39 Å². The lowest BCUT2D eigenvalue weighted by Gasteiger charge is -2.18. The van der Waals surface area contributed by atoms with Gasteiger partial charge in [0.05, 0.1) is 5.69 Å². The van der Waals surface area contributed by atoms with Gasteiger partial charge >= 0.3 is 0 Å². The second-order valence-electron chi connectivity index (χ2n) is 8.50. The monoisotopic (exact) mass is 426 g/mol. The quantitative estimate of drug-likeness (QED) is 0.406. The van der Waals surface area contributed by atoms with Gasteiger partial charge in [-0.05, 0) is 67.2 Å². The van der Waals surface area contributed by atoms with Crippen molar-refractivity contribution >= 4 is 5.70 Å². The molecule has 164 valence electrons. The van der Waals surface area contributed by atoms with E-state index in [-0.39, 0.29) is 11.7 Å². The summed E-state index contributed by atoms with van der Waals surface area (Å²) < 4.78 is 16.1. The van der Waals surface area contributed by atoms with E-state index in [4.69, 9.17) is 0 Å². The third-order valence-corrected chi connectivity index (χ3v) is 5.94. The van der Waals surface area contributed by atoms with Crippen LogP contribution in [0.5, 0.6) is 0 Å². The lowest BCUT2D eigenvalue weighted by Crippen LogP contribution is -2.13. The zero-order valence-electron chi connectivity index (χ0n) is 19.2. The van der Waals surface area contributed by atoms with E-state index in [1.807, 2.05) is 18.2 Å². The molecule has 2 nitrogen and oxygen atoms in total. The fourth-order valence-electron chi connectivity index (χ4n) is 4.61. The zero-order chi connectivity index (χ0) is 22.7. The molecule has 0 spiro atoms. The minimum Gasteiger partial charge on any atom is -0.356 e. The van der Waals surface area contributed by atoms with E-state index in [1.165, 1.54) is 17.8 Å². The van der Waals surface area contributed by atoms with Crippen LogP contribution >= 0.6 is 0 Å². The van der Waals surface area contributed by atoms with Crippen LogP contribution in [0.25, 0.3) is 28.1 Å². The minimum atomic E-state index is -0.226. The molecule has 0 bridgehead atoms. The summed E-state index contributed by atoms with van der Waals surface area (Å²) >= 11 is 0. The van der Waals surface area contributed by atoms with Gasteiger partial charge in [0, 0.05) is 34.8 Å². The first kappa shape index (κ1) is 21.9. The van der Waals surface area contributed by atoms with Gasteiger partial charge in [-0.3, -0.25) is 0 Å². The fraction of sp³-hybridized carbons (Fsp3) is 0.241. The number of allylic oxidation sites excluding steroid dienone is 3. The third kappa shape index (κ3) is 4.20. The first-order chi connectivity index (χ1) is 15.5. The Morgan fingerprint density at radius 2 is 1.75 bits per heavy atom. The van der Waals surface area contributed by atoms with E-state index < -0.39 is 0 Å². The minimum absolute atomic E-state index is 0.226. The summed E-state index contributed by atoms with van der Waals surface area (Å²) in [7, 11) is 0. The summed E-state index contributed by atoms with van der Waals surface area (Å²) in [6.07, 6.45) is 8.65. The maximum atomic E-state index is 13.8. The molecule has 1 aliphatic rings. The van der Waals surface area contributed by atoms with Gasteiger partial charge in [0.15, 0.2) is 0 Å². The average Bonchev–Trinajstić information content (AvgIpc) is 3.16. The van der Waals surface area contributed by atoms with E-state index in [9.17, 15) is 4.39 Å². The van der Waals surface area contributed by atoms with Crippen LogP contribution in [0.1, 0.15) is 50.8 Å². The van der Waals surface area contributed by atoms with E-state index in [2.05, 4.69) is 79.7 Å². The standard InChI is InChI=1S/C29H31FN2/c1-5-32-28(20(2)3)26(21(4)31-25-14-10-7-11-15-25)27(22-12-8-6-9-13-22)29(32)23-16-18-24(30)19-17-23/h6,8-10,12-20,31H,4-5,7,11H2,1-3H3. The van der Waals surface area contributed by atoms with Crippen LogP contribution in [0.3, 0.4) is 0 Å². The van der Waals surface area contributed by atoms with Crippen LogP contribution in [0.2, 0.25) is 0 Å². The number of rotatable bonds is 7. The molecule has 1 heterocycles. The van der Waals surface area contributed by atoms with E-state index in [1.54, 1.807) is 0 Å². The molecule has 0 saturated carbocycles. The molecule has 0 fully saturated rings. The topological polar surface area (TPSA) is 17.0 Å². The molecule has 0 atom stereocenters. The van der Waals surface area contributed by atoms with Gasteiger partial charge < -0.3 is 9.88 Å². The molecule has 32 heavy (non-hydrogen) atoms. The van der Waals surface area contributed by atoms with Crippen LogP contribution < -0.4 is 5.32 Å². The molecular formula is C29H31FN2. The Kier molecular flexibility index (Phi) is 6.45. The number of hydrogen-bond donors (Lipinski definition) is 1. The summed E-state index contributed by atoms with van der Waals surface area (Å²) in [5.74, 6) is 0.0621. The second-order valence-corrected chi connectivity index (χ2v) is 8.50. The first-order valence-corrected chi connectivity index (χ1v) is 11.4. The molecule has 3 aromatic rings. The van der Waals surface area contributed by atoms with Crippen molar-refractivity contribution in [3.8, 4) is 22.4 Å². The van der Waals surface area contributed by atoms with Gasteiger partial charge in [-0.25, -0.2) is 4.39 Å². The van der Waals surface area contributed by atoms with Gasteiger partial charge in [0.25, 0.3) is 0 Å². The second kappa shape index (κ2) is 9.44. The fourth-order valence-corrected chi connectivity index (χ4v) is 4.61. The molecular weight excluding hydrogens is 395 g/mol. The Bertz CT molecular complexity index is 1160. The van der Waals surface area contributed by atoms with Crippen molar-refractivity contribution in [2.75, 3.05) is 0 Å². The largest absolute Gasteiger partial charge is 0.356 e. The van der Waals surface area contributed by atoms with Crippen LogP contribution in [0.15, 0.2) is 85.1 Å². The highest BCUT2D eigenvalue weighted by atomic mass is 19.1. The third-order valence-electron chi connectivity index (χ3n) is 5.94. The van der Waals surface area contributed by atoms with Crippen molar-refractivity contribution in [2.24, 2.45) is 0 Å². The lowest BCUT2D eigenvalue weighted by atomic mass is 9.93. The van der Waals surface area contributed by atoms with Crippen molar-refractivity contribution in [1.82, 2.24) is 9.88 Å². The Morgan fingerprint density at radius 3 is 2.34 bits per heavy atom. The first-order valence-electron chi connectivity index (χ1n) is 11.4. The smallest absolute Gasteiger partial charge is 0.123 e. The normalized spacial score (nSPS) is 13.3. The number of nitrogens with one attached hydrogen (secondary N) is 1. The van der Waals surface area contributed by atoms with Crippen LogP contribution in [0, 0.1) is 5.82 Å². The summed E-state index contributed by atoms with van der Waals surface area (Å²) in [6, 6.07) is 17.3. The highest BCUT2D eigenvalue weighted by Crippen LogP contribution is 2.44. The molecule has 3 heteroatoms. The Hall–Kier alpha value is -3.33. The SMILES string of the molecule is C=C(NC1=CCCC=C1)c1c(-c2ccccc2)c(-c2ccc(F)cc2)n(CC)c1C(C)C. The van der Waals surface area contributed by atoms with Crippen molar-refractivity contribution < 1.29 is 4.39 Å². The maximum absolute atomic E-state index is 13.8. The molecule has 0 unspecified atom stereocenters. The van der Waals surface area contributed by atoms with Crippen molar-refractivity contribution in [1.29, 1.82) is 0 Å². The highest BCUT2D eigenvalue weighted by molar-refractivity contribution is 5.93. The van der Waals surface area contributed by atoms with Gasteiger partial charge in [-0.2, -0.15) is 0 Å². The van der Waals surface area contributed by atoms with Crippen LogP contribution in [-0.2, 0) is 6.54 Å². The van der Waals surface area contributed by atoms with Crippen molar-refractivity contribution in [3.63, 3.8) is 0 Å². The molecule has 0 aliphatic heterocycles. The maximum Gasteiger partial charge on any atom is 0.123 e. The van der Waals surface area contributed by atoms with E-state index >= 15 is 0 Å². The molecule has 1 aliphatic carbocycles. The van der Waals surface area contributed by atoms with Gasteiger partial charge in [-0.1, -0.05) is 62.9 Å². The molecule has 0 radical (unpaired) electrons. The summed E-state index contributed by atoms with van der Waals surface area (Å²) in [6.45, 7) is 11.9. The van der Waals surface area contributed by atoms with Crippen LogP contribution in [-0.4, -0.2) is 4.57 Å². The Morgan fingerprint density at radius 1 is 1.03 bits per heavy atom. The summed E-state index contributed by atoms with van der Waals surface area (Å²) in [5.41, 5.74) is 8.73. The molecule has 1 aromatic heterocycles. The number of aromatic nitrogens is 1. The van der Waals surface area contributed by atoms with Gasteiger partial charge in [0.2, 0.25) is 0 Å².